The molecule has 0 bridgehead atoms. The van der Waals surface area contributed by atoms with E-state index in [0.717, 1.165) is 17.3 Å². The Balaban J connectivity index is 1.91. The summed E-state index contributed by atoms with van der Waals surface area (Å²) in [6.45, 7) is 5.60. The third-order valence-corrected chi connectivity index (χ3v) is 3.69. The Morgan fingerprint density at radius 1 is 1.41 bits per heavy atom. The molecule has 2 fully saturated rings. The smallest absolute Gasteiger partial charge is 0.226 e. The summed E-state index contributed by atoms with van der Waals surface area (Å²) >= 11 is 5.35. The largest absolute Gasteiger partial charge is 0.338 e. The van der Waals surface area contributed by atoms with Crippen LogP contribution in [-0.4, -0.2) is 27.4 Å². The monoisotopic (exact) mass is 252 g/mol. The van der Waals surface area contributed by atoms with Gasteiger partial charge in [0.25, 0.3) is 0 Å². The highest BCUT2D eigenvalue weighted by molar-refractivity contribution is 7.71. The van der Waals surface area contributed by atoms with Crippen LogP contribution in [0.3, 0.4) is 0 Å². The van der Waals surface area contributed by atoms with Crippen LogP contribution in [0.2, 0.25) is 0 Å². The van der Waals surface area contributed by atoms with Crippen molar-refractivity contribution in [2.24, 2.45) is 5.92 Å². The van der Waals surface area contributed by atoms with Crippen molar-refractivity contribution in [2.45, 2.75) is 51.6 Å². The summed E-state index contributed by atoms with van der Waals surface area (Å²) in [4.78, 5) is 2.45. The van der Waals surface area contributed by atoms with Crippen molar-refractivity contribution >= 4 is 18.2 Å². The van der Waals surface area contributed by atoms with E-state index in [0.29, 0.717) is 18.0 Å². The van der Waals surface area contributed by atoms with Gasteiger partial charge >= 0.3 is 0 Å². The molecule has 0 saturated heterocycles. The number of nitrogens with zero attached hydrogens (tertiary/aromatic N) is 3. The number of aromatic amines is 1. The number of nitrogens with one attached hydrogen (secondary N) is 1. The van der Waals surface area contributed by atoms with E-state index in [4.69, 9.17) is 12.2 Å². The summed E-state index contributed by atoms with van der Waals surface area (Å²) in [5.41, 5.74) is 0. The van der Waals surface area contributed by atoms with Crippen LogP contribution < -0.4 is 4.90 Å². The minimum absolute atomic E-state index is 0.602. The normalized spacial score (nSPS) is 19.9. The van der Waals surface area contributed by atoms with Gasteiger partial charge in [-0.3, -0.25) is 4.57 Å². The van der Waals surface area contributed by atoms with Crippen LogP contribution in [0.25, 0.3) is 0 Å². The zero-order valence-corrected chi connectivity index (χ0v) is 11.3. The lowest BCUT2D eigenvalue weighted by molar-refractivity contribution is 0.579. The lowest BCUT2D eigenvalue weighted by atomic mass is 10.2. The Hall–Kier alpha value is -0.840. The van der Waals surface area contributed by atoms with Gasteiger partial charge in [-0.05, 0) is 43.8 Å². The number of anilines is 1. The molecule has 1 N–H and O–H groups in total. The standard InChI is InChI=1S/C12H20N4S/c1-8(2)7-15(9-3-4-9)11-13-14-12(17)16(11)10-5-6-10/h8-10H,3-7H2,1-2H3,(H,14,17). The molecule has 2 saturated carbocycles. The third kappa shape index (κ3) is 2.25. The van der Waals surface area contributed by atoms with Gasteiger partial charge in [0.05, 0.1) is 0 Å². The van der Waals surface area contributed by atoms with Crippen LogP contribution in [0, 0.1) is 10.7 Å². The second-order valence-electron chi connectivity index (χ2n) is 5.71. The highest BCUT2D eigenvalue weighted by Crippen LogP contribution is 2.40. The van der Waals surface area contributed by atoms with Crippen LogP contribution in [-0.2, 0) is 0 Å². The van der Waals surface area contributed by atoms with E-state index in [1.165, 1.54) is 25.7 Å². The van der Waals surface area contributed by atoms with Gasteiger partial charge in [0.2, 0.25) is 5.95 Å². The van der Waals surface area contributed by atoms with Crippen molar-refractivity contribution in [3.05, 3.63) is 4.77 Å². The Labute approximate surface area is 107 Å². The molecule has 1 heterocycles. The zero-order chi connectivity index (χ0) is 12.0. The van der Waals surface area contributed by atoms with Crippen molar-refractivity contribution in [2.75, 3.05) is 11.4 Å². The first-order chi connectivity index (χ1) is 8.16. The van der Waals surface area contributed by atoms with Crippen molar-refractivity contribution in [1.82, 2.24) is 14.8 Å². The SMILES string of the molecule is CC(C)CN(c1n[nH]c(=S)n1C1CC1)C1CC1. The zero-order valence-electron chi connectivity index (χ0n) is 10.5. The molecular weight excluding hydrogens is 232 g/mol. The van der Waals surface area contributed by atoms with Crippen LogP contribution >= 0.6 is 12.2 Å². The molecule has 0 aliphatic heterocycles. The molecule has 0 radical (unpaired) electrons. The molecule has 17 heavy (non-hydrogen) atoms. The maximum absolute atomic E-state index is 5.35. The first-order valence-electron chi connectivity index (χ1n) is 6.60. The summed E-state index contributed by atoms with van der Waals surface area (Å²) in [5, 5.41) is 7.43. The third-order valence-electron chi connectivity index (χ3n) is 3.40. The summed E-state index contributed by atoms with van der Waals surface area (Å²) < 4.78 is 3.02. The maximum Gasteiger partial charge on any atom is 0.226 e. The topological polar surface area (TPSA) is 36.9 Å². The van der Waals surface area contributed by atoms with Crippen LogP contribution in [0.5, 0.6) is 0 Å². The molecule has 1 aromatic heterocycles. The second kappa shape index (κ2) is 4.12. The van der Waals surface area contributed by atoms with E-state index in [9.17, 15) is 0 Å². The fourth-order valence-corrected chi connectivity index (χ4v) is 2.61. The molecule has 3 rings (SSSR count). The summed E-state index contributed by atoms with van der Waals surface area (Å²) in [6.07, 6.45) is 5.11. The van der Waals surface area contributed by atoms with Crippen molar-refractivity contribution in [3.63, 3.8) is 0 Å². The molecule has 0 spiro atoms. The van der Waals surface area contributed by atoms with Crippen LogP contribution in [0.4, 0.5) is 5.95 Å². The van der Waals surface area contributed by atoms with Gasteiger partial charge < -0.3 is 4.90 Å². The summed E-state index contributed by atoms with van der Waals surface area (Å²) in [6, 6.07) is 1.30. The van der Waals surface area contributed by atoms with E-state index < -0.39 is 0 Å². The number of hydrogen-bond acceptors (Lipinski definition) is 3. The van der Waals surface area contributed by atoms with Gasteiger partial charge in [0.1, 0.15) is 0 Å². The minimum atomic E-state index is 0.602. The minimum Gasteiger partial charge on any atom is -0.338 e. The van der Waals surface area contributed by atoms with E-state index in [2.05, 4.69) is 33.5 Å². The summed E-state index contributed by atoms with van der Waals surface area (Å²) in [7, 11) is 0. The highest BCUT2D eigenvalue weighted by Gasteiger charge is 2.35. The average Bonchev–Trinajstić information content (AvgIpc) is 3.14. The predicted octanol–water partition coefficient (Wildman–Crippen LogP) is 2.90. The molecular formula is C12H20N4S. The second-order valence-corrected chi connectivity index (χ2v) is 6.09. The van der Waals surface area contributed by atoms with Crippen molar-refractivity contribution in [3.8, 4) is 0 Å². The molecule has 1 aromatic rings. The number of rotatable bonds is 5. The lowest BCUT2D eigenvalue weighted by Crippen LogP contribution is -2.32. The molecule has 5 heteroatoms. The summed E-state index contributed by atoms with van der Waals surface area (Å²) in [5.74, 6) is 1.74. The van der Waals surface area contributed by atoms with E-state index in [1.807, 2.05) is 0 Å². The Kier molecular flexibility index (Phi) is 2.73. The van der Waals surface area contributed by atoms with Crippen LogP contribution in [0.15, 0.2) is 0 Å². The number of H-pyrrole nitrogens is 1. The molecule has 0 atom stereocenters. The molecule has 94 valence electrons. The molecule has 4 nitrogen and oxygen atoms in total. The Bertz CT molecular complexity index is 453. The van der Waals surface area contributed by atoms with E-state index in [1.54, 1.807) is 0 Å². The average molecular weight is 252 g/mol. The first-order valence-corrected chi connectivity index (χ1v) is 7.01. The molecule has 0 aromatic carbocycles. The van der Waals surface area contributed by atoms with Crippen molar-refractivity contribution < 1.29 is 0 Å². The highest BCUT2D eigenvalue weighted by atomic mass is 32.1. The van der Waals surface area contributed by atoms with Gasteiger partial charge in [-0.1, -0.05) is 13.8 Å². The van der Waals surface area contributed by atoms with E-state index in [-0.39, 0.29) is 0 Å². The molecule has 2 aliphatic carbocycles. The van der Waals surface area contributed by atoms with E-state index >= 15 is 0 Å². The van der Waals surface area contributed by atoms with Crippen LogP contribution in [0.1, 0.15) is 45.6 Å². The fourth-order valence-electron chi connectivity index (χ4n) is 2.33. The quantitative estimate of drug-likeness (QED) is 0.819. The van der Waals surface area contributed by atoms with Gasteiger partial charge in [-0.15, -0.1) is 5.10 Å². The first kappa shape index (κ1) is 11.3. The Morgan fingerprint density at radius 3 is 2.65 bits per heavy atom. The van der Waals surface area contributed by atoms with Gasteiger partial charge in [0.15, 0.2) is 4.77 Å². The lowest BCUT2D eigenvalue weighted by Gasteiger charge is -2.25. The number of hydrogen-bond donors (Lipinski definition) is 1. The maximum atomic E-state index is 5.35. The van der Waals surface area contributed by atoms with Crippen molar-refractivity contribution in [1.29, 1.82) is 0 Å². The molecule has 0 amide bonds. The number of aromatic nitrogens is 3. The fraction of sp³-hybridized carbons (Fsp3) is 0.833. The molecule has 0 unspecified atom stereocenters. The predicted molar refractivity (Wildman–Crippen MR) is 70.9 cm³/mol. The Morgan fingerprint density at radius 2 is 2.12 bits per heavy atom. The van der Waals surface area contributed by atoms with Gasteiger partial charge in [0, 0.05) is 18.6 Å². The molecule has 2 aliphatic rings. The van der Waals surface area contributed by atoms with Gasteiger partial charge in [-0.2, -0.15) is 0 Å². The van der Waals surface area contributed by atoms with Gasteiger partial charge in [-0.25, -0.2) is 5.10 Å².